The van der Waals surface area contributed by atoms with Crippen molar-refractivity contribution in [3.8, 4) is 0 Å². The summed E-state index contributed by atoms with van der Waals surface area (Å²) in [5.74, 6) is -0.947. The summed E-state index contributed by atoms with van der Waals surface area (Å²) < 4.78 is 33.8. The third-order valence-corrected chi connectivity index (χ3v) is 10.8. The van der Waals surface area contributed by atoms with Crippen molar-refractivity contribution in [1.82, 2.24) is 0 Å². The Morgan fingerprint density at radius 3 is 1.80 bits per heavy atom. The number of likely N-dealkylation sites (N-methyl/N-ethyl adjacent to an activating group) is 1. The number of esters is 2. The first-order valence-corrected chi connectivity index (χ1v) is 25.2. The first kappa shape index (κ1) is 58.4. The minimum Gasteiger partial charge on any atom is -0.756 e. The number of aliphatic hydroxyl groups excluding tert-OH is 1. The van der Waals surface area contributed by atoms with Crippen LogP contribution in [0.15, 0.2) is 72.9 Å². The zero-order chi connectivity index (χ0) is 45.1. The van der Waals surface area contributed by atoms with Crippen LogP contribution in [0.25, 0.3) is 0 Å². The Labute approximate surface area is 372 Å². The lowest BCUT2D eigenvalue weighted by Crippen LogP contribution is -2.37. The Balaban J connectivity index is 4.46. The van der Waals surface area contributed by atoms with Gasteiger partial charge in [-0.3, -0.25) is 14.2 Å². The molecule has 0 aromatic carbocycles. The number of ether oxygens (including phenoxy) is 2. The molecule has 352 valence electrons. The summed E-state index contributed by atoms with van der Waals surface area (Å²) in [6, 6.07) is 0. The molecule has 11 heteroatoms. The highest BCUT2D eigenvalue weighted by atomic mass is 31.2. The molecule has 0 bridgehead atoms. The van der Waals surface area contributed by atoms with Gasteiger partial charge in [-0.1, -0.05) is 164 Å². The second-order valence-electron chi connectivity index (χ2n) is 16.9. The topological polar surface area (TPSA) is 131 Å². The molecule has 0 radical (unpaired) electrons. The van der Waals surface area contributed by atoms with Gasteiger partial charge in [0.2, 0.25) is 0 Å². The molecule has 0 saturated carbocycles. The number of nitrogens with zero attached hydrogens (tertiary/aromatic N) is 1. The monoisotopic (exact) mass is 878 g/mol. The highest BCUT2D eigenvalue weighted by Crippen LogP contribution is 2.38. The molecule has 0 rings (SSSR count). The summed E-state index contributed by atoms with van der Waals surface area (Å²) >= 11 is 0. The molecule has 2 unspecified atom stereocenters. The minimum atomic E-state index is -4.66. The van der Waals surface area contributed by atoms with Crippen LogP contribution >= 0.6 is 7.82 Å². The van der Waals surface area contributed by atoms with Crippen LogP contribution in [0.4, 0.5) is 0 Å². The van der Waals surface area contributed by atoms with E-state index in [0.717, 1.165) is 32.1 Å². The zero-order valence-electron chi connectivity index (χ0n) is 39.2. The molecule has 1 N–H and O–H groups in total. The van der Waals surface area contributed by atoms with Crippen LogP contribution in [-0.2, 0) is 32.7 Å². The molecule has 0 amide bonds. The first-order valence-electron chi connectivity index (χ1n) is 23.8. The van der Waals surface area contributed by atoms with E-state index in [9.17, 15) is 24.2 Å². The van der Waals surface area contributed by atoms with Gasteiger partial charge in [-0.05, 0) is 70.6 Å². The number of quaternary nitrogens is 1. The zero-order valence-corrected chi connectivity index (χ0v) is 40.1. The Bertz CT molecular complexity index is 1280. The van der Waals surface area contributed by atoms with Crippen molar-refractivity contribution >= 4 is 19.8 Å². The molecular formula is C50H88NO9P. The van der Waals surface area contributed by atoms with E-state index in [1.54, 1.807) is 6.08 Å². The third kappa shape index (κ3) is 45.3. The predicted octanol–water partition coefficient (Wildman–Crippen LogP) is 12.1. The number of carbonyl (C=O) groups is 2. The normalized spacial score (nSPS) is 14.7. The van der Waals surface area contributed by atoms with E-state index in [1.807, 2.05) is 57.6 Å². The van der Waals surface area contributed by atoms with Crippen molar-refractivity contribution < 1.29 is 47.2 Å². The van der Waals surface area contributed by atoms with Crippen LogP contribution in [0, 0.1) is 0 Å². The first-order chi connectivity index (χ1) is 29.4. The summed E-state index contributed by atoms with van der Waals surface area (Å²) in [4.78, 5) is 37.6. The molecule has 0 fully saturated rings. The van der Waals surface area contributed by atoms with Gasteiger partial charge in [-0.15, -0.1) is 0 Å². The van der Waals surface area contributed by atoms with Crippen molar-refractivity contribution in [2.24, 2.45) is 0 Å². The standard InChI is InChI=1S/C50H88NO9P/c1-6-8-10-12-14-15-16-17-18-19-20-21-22-23-24-25-29-33-37-41-49(53)57-45-48(46-59-61(55,56)58-44-43-51(3,4)5)60-50(54)42-38-34-30-27-26-28-32-36-40-47(52)39-35-31-13-11-9-7-2/h9,11,17-18,27-28,30-32,35-36,40,47-48,52H,6-8,10,12-16,19-26,29,33-34,37-39,41-46H2,1-5H3/b11-9-,18-17-,30-27-,32-28-,35-31-,40-36+/t47?,48-/m1/s1. The number of allylic oxidation sites excluding steroid dienone is 10. The van der Waals surface area contributed by atoms with Gasteiger partial charge in [0.15, 0.2) is 6.10 Å². The molecule has 0 aliphatic heterocycles. The van der Waals surface area contributed by atoms with E-state index >= 15 is 0 Å². The Morgan fingerprint density at radius 2 is 1.16 bits per heavy atom. The second kappa shape index (κ2) is 41.4. The highest BCUT2D eigenvalue weighted by molar-refractivity contribution is 7.45. The number of carbonyl (C=O) groups excluding carboxylic acids is 2. The van der Waals surface area contributed by atoms with Gasteiger partial charge in [0.05, 0.1) is 33.9 Å². The average Bonchev–Trinajstić information content (AvgIpc) is 3.21. The van der Waals surface area contributed by atoms with Crippen molar-refractivity contribution in [2.75, 3.05) is 47.5 Å². The van der Waals surface area contributed by atoms with E-state index in [4.69, 9.17) is 18.5 Å². The molecule has 0 aromatic rings. The molecule has 0 spiro atoms. The maximum atomic E-state index is 12.7. The fraction of sp³-hybridized carbons (Fsp3) is 0.720. The van der Waals surface area contributed by atoms with Crippen LogP contribution in [0.3, 0.4) is 0 Å². The number of hydrogen-bond donors (Lipinski definition) is 1. The Morgan fingerprint density at radius 1 is 0.623 bits per heavy atom. The molecule has 61 heavy (non-hydrogen) atoms. The molecule has 10 nitrogen and oxygen atoms in total. The molecule has 0 aliphatic rings. The van der Waals surface area contributed by atoms with Gasteiger partial charge >= 0.3 is 11.9 Å². The van der Waals surface area contributed by atoms with E-state index in [-0.39, 0.29) is 26.1 Å². The number of hydrogen-bond acceptors (Lipinski definition) is 9. The smallest absolute Gasteiger partial charge is 0.306 e. The lowest BCUT2D eigenvalue weighted by Gasteiger charge is -2.28. The van der Waals surface area contributed by atoms with Gasteiger partial charge in [0.25, 0.3) is 7.82 Å². The molecule has 0 heterocycles. The van der Waals surface area contributed by atoms with Crippen LogP contribution < -0.4 is 4.89 Å². The minimum absolute atomic E-state index is 0.0560. The molecule has 3 atom stereocenters. The summed E-state index contributed by atoms with van der Waals surface area (Å²) in [5, 5.41) is 10.0. The van der Waals surface area contributed by atoms with Gasteiger partial charge in [-0.25, -0.2) is 0 Å². The lowest BCUT2D eigenvalue weighted by molar-refractivity contribution is -0.870. The van der Waals surface area contributed by atoms with Crippen LogP contribution in [0.2, 0.25) is 0 Å². The van der Waals surface area contributed by atoms with E-state index in [2.05, 4.69) is 44.2 Å². The molecular weight excluding hydrogens is 790 g/mol. The van der Waals surface area contributed by atoms with Gasteiger partial charge < -0.3 is 33.0 Å². The Kier molecular flexibility index (Phi) is 39.7. The van der Waals surface area contributed by atoms with Crippen molar-refractivity contribution in [3.05, 3.63) is 72.9 Å². The van der Waals surface area contributed by atoms with Crippen LogP contribution in [0.1, 0.15) is 174 Å². The Hall–Kier alpha value is -2.59. The van der Waals surface area contributed by atoms with Crippen molar-refractivity contribution in [2.45, 2.75) is 187 Å². The SMILES string of the molecule is CC/C=C\C/C=C\CC(O)/C=C/C=C\C/C=C\CCCC(=O)O[C@H](COC(=O)CCCCCCCCCCC/C=C\CCCCCCCC)COP(=O)([O-])OCC[N+](C)(C)C. The third-order valence-electron chi connectivity index (χ3n) is 9.79. The second-order valence-corrected chi connectivity index (χ2v) is 18.3. The summed E-state index contributed by atoms with van der Waals surface area (Å²) in [6.45, 7) is 3.94. The highest BCUT2D eigenvalue weighted by Gasteiger charge is 2.21. The molecule has 0 aromatic heterocycles. The maximum Gasteiger partial charge on any atom is 0.306 e. The van der Waals surface area contributed by atoms with E-state index in [1.165, 1.54) is 83.5 Å². The van der Waals surface area contributed by atoms with Gasteiger partial charge in [-0.2, -0.15) is 0 Å². The number of rotatable bonds is 42. The average molecular weight is 878 g/mol. The summed E-state index contributed by atoms with van der Waals surface area (Å²) in [6.07, 6.45) is 48.2. The van der Waals surface area contributed by atoms with Crippen LogP contribution in [0.5, 0.6) is 0 Å². The largest absolute Gasteiger partial charge is 0.756 e. The van der Waals surface area contributed by atoms with E-state index < -0.39 is 38.6 Å². The van der Waals surface area contributed by atoms with E-state index in [0.29, 0.717) is 43.1 Å². The number of phosphoric ester groups is 1. The van der Waals surface area contributed by atoms with Crippen LogP contribution in [-0.4, -0.2) is 81.2 Å². The quantitative estimate of drug-likeness (QED) is 0.0159. The number of unbranched alkanes of at least 4 members (excludes halogenated alkanes) is 16. The fourth-order valence-electron chi connectivity index (χ4n) is 6.06. The maximum absolute atomic E-state index is 12.7. The number of phosphoric acid groups is 1. The van der Waals surface area contributed by atoms with Gasteiger partial charge in [0.1, 0.15) is 19.8 Å². The van der Waals surface area contributed by atoms with Gasteiger partial charge in [0, 0.05) is 12.8 Å². The molecule has 0 aliphatic carbocycles. The molecule has 0 saturated heterocycles. The summed E-state index contributed by atoms with van der Waals surface area (Å²) in [7, 11) is 1.08. The fourth-order valence-corrected chi connectivity index (χ4v) is 6.79. The van der Waals surface area contributed by atoms with Crippen molar-refractivity contribution in [3.63, 3.8) is 0 Å². The number of aliphatic hydroxyl groups is 1. The summed E-state index contributed by atoms with van der Waals surface area (Å²) in [5.41, 5.74) is 0. The lowest BCUT2D eigenvalue weighted by atomic mass is 10.1. The van der Waals surface area contributed by atoms with Crippen molar-refractivity contribution in [1.29, 1.82) is 0 Å². The predicted molar refractivity (Wildman–Crippen MR) is 251 cm³/mol.